The molecule has 0 saturated carbocycles. The van der Waals surface area contributed by atoms with Gasteiger partial charge in [0.1, 0.15) is 0 Å². The number of nitrogens with zero attached hydrogens (tertiary/aromatic N) is 1. The lowest BCUT2D eigenvalue weighted by Crippen LogP contribution is -2.35. The van der Waals surface area contributed by atoms with Crippen LogP contribution in [-0.2, 0) is 20.9 Å². The minimum absolute atomic E-state index is 0.0946. The molecule has 6 heteroatoms. The summed E-state index contributed by atoms with van der Waals surface area (Å²) >= 11 is 1.69. The van der Waals surface area contributed by atoms with Gasteiger partial charge in [-0.15, -0.1) is 11.3 Å². The molecule has 0 unspecified atom stereocenters. The summed E-state index contributed by atoms with van der Waals surface area (Å²) in [5.74, 6) is -0.613. The molecule has 0 amide bonds. The van der Waals surface area contributed by atoms with Crippen LogP contribution in [0.4, 0.5) is 0 Å². The van der Waals surface area contributed by atoms with Crippen LogP contribution in [-0.4, -0.2) is 23.4 Å². The first-order valence-corrected chi connectivity index (χ1v) is 13.3. The second kappa shape index (κ2) is 8.79. The Morgan fingerprint density at radius 1 is 1.08 bits per heavy atom. The van der Waals surface area contributed by atoms with E-state index in [2.05, 4.69) is 70.7 Å². The third kappa shape index (κ3) is 3.43. The third-order valence-electron chi connectivity index (χ3n) is 7.62. The Morgan fingerprint density at radius 3 is 2.64 bits per heavy atom. The summed E-state index contributed by atoms with van der Waals surface area (Å²) in [5.41, 5.74) is 6.17. The SMILES string of the molecule is CCn1c2ccccc2c2cc([C@@H]3C(C(=O)OC)=C(C)NC4=C3C(=O)C[C@H](c3cccs3)C4)ccc21. The summed E-state index contributed by atoms with van der Waals surface area (Å²) in [4.78, 5) is 28.0. The van der Waals surface area contributed by atoms with Gasteiger partial charge in [0.25, 0.3) is 0 Å². The van der Waals surface area contributed by atoms with Gasteiger partial charge >= 0.3 is 5.97 Å². The van der Waals surface area contributed by atoms with Gasteiger partial charge in [0, 0.05) is 68.5 Å². The lowest BCUT2D eigenvalue weighted by Gasteiger charge is -2.36. The maximum absolute atomic E-state index is 13.7. The number of benzene rings is 2. The first-order valence-electron chi connectivity index (χ1n) is 12.4. The zero-order chi connectivity index (χ0) is 25.0. The molecule has 0 saturated heterocycles. The number of allylic oxidation sites excluding steroid dienone is 3. The zero-order valence-electron chi connectivity index (χ0n) is 20.6. The topological polar surface area (TPSA) is 60.3 Å². The summed E-state index contributed by atoms with van der Waals surface area (Å²) in [6.45, 7) is 4.92. The molecular weight excluding hydrogens is 468 g/mol. The predicted molar refractivity (Wildman–Crippen MR) is 144 cm³/mol. The van der Waals surface area contributed by atoms with Gasteiger partial charge in [0.15, 0.2) is 5.78 Å². The molecule has 182 valence electrons. The van der Waals surface area contributed by atoms with Crippen molar-refractivity contribution in [3.63, 3.8) is 0 Å². The van der Waals surface area contributed by atoms with Crippen molar-refractivity contribution in [3.05, 3.63) is 93.0 Å². The molecule has 2 atom stereocenters. The summed E-state index contributed by atoms with van der Waals surface area (Å²) < 4.78 is 7.52. The first kappa shape index (κ1) is 22.8. The molecule has 0 spiro atoms. The highest BCUT2D eigenvalue weighted by atomic mass is 32.1. The smallest absolute Gasteiger partial charge is 0.336 e. The molecule has 4 aromatic rings. The van der Waals surface area contributed by atoms with Gasteiger partial charge in [-0.3, -0.25) is 4.79 Å². The van der Waals surface area contributed by atoms with E-state index in [9.17, 15) is 9.59 Å². The quantitative estimate of drug-likeness (QED) is 0.332. The van der Waals surface area contributed by atoms with Crippen molar-refractivity contribution in [1.29, 1.82) is 0 Å². The number of methoxy groups -OCH3 is 1. The zero-order valence-corrected chi connectivity index (χ0v) is 21.4. The lowest BCUT2D eigenvalue weighted by molar-refractivity contribution is -0.136. The van der Waals surface area contributed by atoms with Crippen LogP contribution in [0.25, 0.3) is 21.8 Å². The van der Waals surface area contributed by atoms with E-state index in [0.29, 0.717) is 17.6 Å². The number of carbonyl (C=O) groups is 2. The number of para-hydroxylation sites is 1. The van der Waals surface area contributed by atoms with Crippen LogP contribution < -0.4 is 5.32 Å². The minimum atomic E-state index is -0.460. The fourth-order valence-electron chi connectivity index (χ4n) is 6.07. The Balaban J connectivity index is 1.55. The molecule has 0 radical (unpaired) electrons. The highest BCUT2D eigenvalue weighted by Crippen LogP contribution is 2.47. The molecule has 1 aliphatic carbocycles. The number of ether oxygens (including phenoxy) is 1. The molecule has 2 aliphatic rings. The number of rotatable bonds is 4. The van der Waals surface area contributed by atoms with Gasteiger partial charge in [0.05, 0.1) is 12.7 Å². The van der Waals surface area contributed by atoms with Crippen LogP contribution in [0.3, 0.4) is 0 Å². The average molecular weight is 497 g/mol. The number of dihydropyridines is 1. The van der Waals surface area contributed by atoms with Gasteiger partial charge in [-0.25, -0.2) is 4.79 Å². The maximum Gasteiger partial charge on any atom is 0.336 e. The number of esters is 1. The number of carbonyl (C=O) groups excluding carboxylic acids is 2. The van der Waals surface area contributed by atoms with Crippen LogP contribution in [0, 0.1) is 0 Å². The standard InChI is InChI=1S/C30H28N2O3S/c1-4-32-23-9-6-5-8-20(23)21-14-18(11-12-24(21)32)28-27(30(34)35-3)17(2)31-22-15-19(16-25(33)29(22)28)26-10-7-13-36-26/h5-14,19,28,31H,4,15-16H2,1-3H3/t19-,28-/m1/s1. The van der Waals surface area contributed by atoms with E-state index in [-0.39, 0.29) is 11.7 Å². The van der Waals surface area contributed by atoms with Crippen LogP contribution in [0.15, 0.2) is 82.5 Å². The van der Waals surface area contributed by atoms with Crippen molar-refractivity contribution in [2.75, 3.05) is 7.11 Å². The Labute approximate surface area is 214 Å². The Morgan fingerprint density at radius 2 is 1.89 bits per heavy atom. The van der Waals surface area contributed by atoms with Crippen LogP contribution >= 0.6 is 11.3 Å². The largest absolute Gasteiger partial charge is 0.466 e. The highest BCUT2D eigenvalue weighted by molar-refractivity contribution is 7.10. The maximum atomic E-state index is 13.7. The third-order valence-corrected chi connectivity index (χ3v) is 8.66. The number of aryl methyl sites for hydroxylation is 1. The number of fused-ring (bicyclic) bond motifs is 3. The van der Waals surface area contributed by atoms with E-state index in [1.807, 2.05) is 13.0 Å². The van der Waals surface area contributed by atoms with Crippen molar-refractivity contribution in [3.8, 4) is 0 Å². The summed E-state index contributed by atoms with van der Waals surface area (Å²) in [7, 11) is 1.40. The summed E-state index contributed by atoms with van der Waals surface area (Å²) in [6, 6.07) is 18.9. The Kier molecular flexibility index (Phi) is 5.56. The normalized spacial score (nSPS) is 20.1. The van der Waals surface area contributed by atoms with Crippen LogP contribution in [0.1, 0.15) is 49.0 Å². The number of Topliss-reactive ketones (excluding diaryl/α,β-unsaturated/α-hetero) is 1. The van der Waals surface area contributed by atoms with Gasteiger partial charge in [-0.2, -0.15) is 0 Å². The second-order valence-corrected chi connectivity index (χ2v) is 10.5. The number of hydrogen-bond acceptors (Lipinski definition) is 5. The molecule has 6 rings (SSSR count). The molecule has 3 heterocycles. The Hall–Kier alpha value is -3.64. The van der Waals surface area contributed by atoms with E-state index < -0.39 is 11.9 Å². The predicted octanol–water partition coefficient (Wildman–Crippen LogP) is 6.41. The number of nitrogens with one attached hydrogen (secondary N) is 1. The summed E-state index contributed by atoms with van der Waals surface area (Å²) in [6.07, 6.45) is 1.20. The number of ketones is 1. The van der Waals surface area contributed by atoms with Gasteiger partial charge in [0.2, 0.25) is 0 Å². The van der Waals surface area contributed by atoms with Gasteiger partial charge in [-0.05, 0) is 55.5 Å². The van der Waals surface area contributed by atoms with E-state index in [4.69, 9.17) is 4.74 Å². The van der Waals surface area contributed by atoms with E-state index in [1.165, 1.54) is 22.9 Å². The first-order chi connectivity index (χ1) is 17.5. The molecule has 2 aromatic heterocycles. The molecule has 1 aliphatic heterocycles. The monoisotopic (exact) mass is 496 g/mol. The average Bonchev–Trinajstić information content (AvgIpc) is 3.53. The van der Waals surface area contributed by atoms with Crippen molar-refractivity contribution in [2.45, 2.75) is 45.1 Å². The van der Waals surface area contributed by atoms with Crippen molar-refractivity contribution >= 4 is 44.9 Å². The lowest BCUT2D eigenvalue weighted by atomic mass is 9.72. The minimum Gasteiger partial charge on any atom is -0.466 e. The van der Waals surface area contributed by atoms with Gasteiger partial charge < -0.3 is 14.6 Å². The molecule has 36 heavy (non-hydrogen) atoms. The van der Waals surface area contributed by atoms with Crippen molar-refractivity contribution < 1.29 is 14.3 Å². The van der Waals surface area contributed by atoms with Crippen LogP contribution in [0.2, 0.25) is 0 Å². The van der Waals surface area contributed by atoms with Crippen LogP contribution in [0.5, 0.6) is 0 Å². The second-order valence-electron chi connectivity index (χ2n) is 9.56. The molecule has 0 bridgehead atoms. The van der Waals surface area contributed by atoms with E-state index in [1.54, 1.807) is 11.3 Å². The fraction of sp³-hybridized carbons (Fsp3) is 0.267. The molecule has 0 fully saturated rings. The highest BCUT2D eigenvalue weighted by Gasteiger charge is 2.41. The Bertz CT molecular complexity index is 1590. The number of hydrogen-bond donors (Lipinski definition) is 1. The van der Waals surface area contributed by atoms with E-state index in [0.717, 1.165) is 40.8 Å². The molecule has 5 nitrogen and oxygen atoms in total. The molecular formula is C30H28N2O3S. The van der Waals surface area contributed by atoms with Crippen molar-refractivity contribution in [2.24, 2.45) is 0 Å². The summed E-state index contributed by atoms with van der Waals surface area (Å²) in [5, 5.41) is 7.79. The van der Waals surface area contributed by atoms with Gasteiger partial charge in [-0.1, -0.05) is 30.3 Å². The number of thiophene rings is 1. The van der Waals surface area contributed by atoms with Crippen molar-refractivity contribution in [1.82, 2.24) is 9.88 Å². The fourth-order valence-corrected chi connectivity index (χ4v) is 6.90. The molecule has 1 N–H and O–H groups in total. The van der Waals surface area contributed by atoms with E-state index >= 15 is 0 Å². The number of aromatic nitrogens is 1. The molecule has 2 aromatic carbocycles.